The number of aliphatic imine (C=N–C) groups is 1. The van der Waals surface area contributed by atoms with E-state index >= 15 is 0 Å². The molecular formula is C31H44N2OS. The highest BCUT2D eigenvalue weighted by Crippen LogP contribution is 2.41. The lowest BCUT2D eigenvalue weighted by Gasteiger charge is -2.31. The van der Waals surface area contributed by atoms with Crippen LogP contribution in [0.25, 0.3) is 0 Å². The first kappa shape index (κ1) is 27.5. The van der Waals surface area contributed by atoms with Crippen molar-refractivity contribution >= 4 is 16.9 Å². The van der Waals surface area contributed by atoms with Crippen LogP contribution in [0.5, 0.6) is 0 Å². The largest absolute Gasteiger partial charge is 0.366 e. The third-order valence-corrected chi connectivity index (χ3v) is 8.24. The van der Waals surface area contributed by atoms with E-state index in [1.165, 1.54) is 33.4 Å². The van der Waals surface area contributed by atoms with Gasteiger partial charge in [-0.25, -0.2) is 4.99 Å². The Bertz CT molecular complexity index is 1050. The Balaban J connectivity index is 1.81. The molecule has 2 atom stereocenters. The Morgan fingerprint density at radius 2 is 2.00 bits per heavy atom. The van der Waals surface area contributed by atoms with Crippen molar-refractivity contribution in [2.24, 2.45) is 10.9 Å². The summed E-state index contributed by atoms with van der Waals surface area (Å²) in [6.07, 6.45) is 6.62. The monoisotopic (exact) mass is 492 g/mol. The van der Waals surface area contributed by atoms with Gasteiger partial charge in [-0.2, -0.15) is 0 Å². The molecule has 0 spiro atoms. The van der Waals surface area contributed by atoms with Crippen molar-refractivity contribution in [1.82, 2.24) is 4.90 Å². The molecule has 1 aromatic carbocycles. The van der Waals surface area contributed by atoms with Crippen LogP contribution in [0, 0.1) is 5.92 Å². The predicted molar refractivity (Wildman–Crippen MR) is 154 cm³/mol. The maximum Gasteiger partial charge on any atom is 0.168 e. The molecule has 1 aliphatic carbocycles. The van der Waals surface area contributed by atoms with Crippen molar-refractivity contribution in [2.45, 2.75) is 86.4 Å². The maximum atomic E-state index is 6.31. The Labute approximate surface area is 218 Å². The number of thioether (sulfide) groups is 1. The molecule has 0 radical (unpaired) electrons. The second kappa shape index (κ2) is 12.3. The molecule has 3 nitrogen and oxygen atoms in total. The molecule has 35 heavy (non-hydrogen) atoms. The Morgan fingerprint density at radius 3 is 2.69 bits per heavy atom. The summed E-state index contributed by atoms with van der Waals surface area (Å²) < 4.78 is 6.31. The van der Waals surface area contributed by atoms with Crippen molar-refractivity contribution in [2.75, 3.05) is 13.1 Å². The molecule has 190 valence electrons. The van der Waals surface area contributed by atoms with E-state index in [9.17, 15) is 0 Å². The van der Waals surface area contributed by atoms with Crippen molar-refractivity contribution < 1.29 is 4.74 Å². The highest BCUT2D eigenvalue weighted by molar-refractivity contribution is 8.16. The SMILES string of the molecule is C=C(C)N=C(S/C=C(/C)C1=C(C)C(C)C/C1=C/CC)N(CCC)CCC1(C)OCc2ccccc21. The molecule has 1 aliphatic heterocycles. The number of allylic oxidation sites excluding steroid dienone is 6. The Kier molecular flexibility index (Phi) is 9.66. The van der Waals surface area contributed by atoms with Gasteiger partial charge in [-0.3, -0.25) is 0 Å². The highest BCUT2D eigenvalue weighted by Gasteiger charge is 2.35. The molecule has 0 saturated carbocycles. The van der Waals surface area contributed by atoms with Crippen LogP contribution in [-0.4, -0.2) is 23.2 Å². The topological polar surface area (TPSA) is 24.8 Å². The Hall–Kier alpha value is -2.04. The zero-order valence-electron chi connectivity index (χ0n) is 22.9. The average molecular weight is 493 g/mol. The summed E-state index contributed by atoms with van der Waals surface area (Å²) in [6.45, 7) is 22.2. The number of ether oxygens (including phenoxy) is 1. The van der Waals surface area contributed by atoms with E-state index in [0.717, 1.165) is 49.6 Å². The minimum atomic E-state index is -0.255. The van der Waals surface area contributed by atoms with Crippen molar-refractivity contribution in [3.63, 3.8) is 0 Å². The molecule has 3 rings (SSSR count). The molecule has 1 heterocycles. The first-order valence-electron chi connectivity index (χ1n) is 13.2. The molecule has 2 unspecified atom stereocenters. The number of amidine groups is 1. The fourth-order valence-corrected chi connectivity index (χ4v) is 6.16. The molecule has 0 amide bonds. The second-order valence-electron chi connectivity index (χ2n) is 10.3. The van der Waals surface area contributed by atoms with E-state index in [4.69, 9.17) is 9.73 Å². The van der Waals surface area contributed by atoms with Crippen LogP contribution in [0.2, 0.25) is 0 Å². The fraction of sp³-hybridized carbons (Fsp3) is 0.516. The van der Waals surface area contributed by atoms with Gasteiger partial charge in [0.2, 0.25) is 0 Å². The quantitative estimate of drug-likeness (QED) is 0.254. The first-order valence-corrected chi connectivity index (χ1v) is 14.0. The number of hydrogen-bond acceptors (Lipinski definition) is 3. The van der Waals surface area contributed by atoms with E-state index in [1.54, 1.807) is 11.8 Å². The summed E-state index contributed by atoms with van der Waals surface area (Å²) in [6, 6.07) is 8.62. The van der Waals surface area contributed by atoms with Gasteiger partial charge in [-0.15, -0.1) is 0 Å². The van der Waals surface area contributed by atoms with Gasteiger partial charge in [0, 0.05) is 18.8 Å². The summed E-state index contributed by atoms with van der Waals surface area (Å²) in [5, 5.41) is 3.33. The van der Waals surface area contributed by atoms with Gasteiger partial charge >= 0.3 is 0 Å². The zero-order valence-corrected chi connectivity index (χ0v) is 23.7. The van der Waals surface area contributed by atoms with Crippen molar-refractivity contribution in [3.05, 3.63) is 81.4 Å². The molecule has 0 fully saturated rings. The number of benzene rings is 1. The summed E-state index contributed by atoms with van der Waals surface area (Å²) in [5.41, 5.74) is 9.01. The molecule has 0 N–H and O–H groups in total. The molecule has 0 bridgehead atoms. The molecule has 2 aliphatic rings. The lowest BCUT2D eigenvalue weighted by molar-refractivity contribution is -0.0323. The molecule has 1 aromatic rings. The number of rotatable bonds is 9. The molecule has 4 heteroatoms. The third kappa shape index (κ3) is 6.59. The van der Waals surface area contributed by atoms with Crippen LogP contribution in [0.3, 0.4) is 0 Å². The number of nitrogens with zero attached hydrogens (tertiary/aromatic N) is 2. The van der Waals surface area contributed by atoms with Gasteiger partial charge in [0.1, 0.15) is 0 Å². The predicted octanol–water partition coefficient (Wildman–Crippen LogP) is 8.75. The van der Waals surface area contributed by atoms with E-state index in [0.29, 0.717) is 12.5 Å². The van der Waals surface area contributed by atoms with E-state index in [1.807, 2.05) is 6.92 Å². The highest BCUT2D eigenvalue weighted by atomic mass is 32.2. The van der Waals surface area contributed by atoms with Crippen LogP contribution < -0.4 is 0 Å². The average Bonchev–Trinajstić information content (AvgIpc) is 3.30. The number of fused-ring (bicyclic) bond motifs is 1. The minimum absolute atomic E-state index is 0.255. The van der Waals surface area contributed by atoms with Crippen LogP contribution >= 0.6 is 11.8 Å². The Morgan fingerprint density at radius 1 is 1.26 bits per heavy atom. The summed E-state index contributed by atoms with van der Waals surface area (Å²) in [5.74, 6) is 0.617. The van der Waals surface area contributed by atoms with E-state index < -0.39 is 0 Å². The van der Waals surface area contributed by atoms with Crippen LogP contribution in [-0.2, 0) is 16.9 Å². The van der Waals surface area contributed by atoms with Crippen LogP contribution in [0.4, 0.5) is 0 Å². The van der Waals surface area contributed by atoms with Gasteiger partial charge in [0.15, 0.2) is 5.17 Å². The van der Waals surface area contributed by atoms with Crippen molar-refractivity contribution in [3.8, 4) is 0 Å². The van der Waals surface area contributed by atoms with Gasteiger partial charge in [-0.05, 0) is 92.6 Å². The van der Waals surface area contributed by atoms with Gasteiger partial charge < -0.3 is 9.64 Å². The first-order chi connectivity index (χ1) is 16.7. The minimum Gasteiger partial charge on any atom is -0.366 e. The normalized spacial score (nSPS) is 23.9. The summed E-state index contributed by atoms with van der Waals surface area (Å²) in [7, 11) is 0. The van der Waals surface area contributed by atoms with Gasteiger partial charge in [0.25, 0.3) is 0 Å². The third-order valence-electron chi connectivity index (χ3n) is 7.21. The lowest BCUT2D eigenvalue weighted by Crippen LogP contribution is -2.35. The van der Waals surface area contributed by atoms with Gasteiger partial charge in [-0.1, -0.05) is 75.0 Å². The van der Waals surface area contributed by atoms with Gasteiger partial charge in [0.05, 0.1) is 12.2 Å². The van der Waals surface area contributed by atoms with E-state index in [-0.39, 0.29) is 5.60 Å². The molecule has 0 aromatic heterocycles. The maximum absolute atomic E-state index is 6.31. The zero-order chi connectivity index (χ0) is 25.6. The van der Waals surface area contributed by atoms with E-state index in [2.05, 4.69) is 88.8 Å². The molecule has 0 saturated heterocycles. The second-order valence-corrected chi connectivity index (χ2v) is 11.1. The fourth-order valence-electron chi connectivity index (χ4n) is 5.22. The van der Waals surface area contributed by atoms with Crippen LogP contribution in [0.1, 0.15) is 85.3 Å². The summed E-state index contributed by atoms with van der Waals surface area (Å²) >= 11 is 1.73. The smallest absolute Gasteiger partial charge is 0.168 e. The lowest BCUT2D eigenvalue weighted by atomic mass is 9.91. The molecular weight excluding hydrogens is 448 g/mol. The summed E-state index contributed by atoms with van der Waals surface area (Å²) in [4.78, 5) is 7.31. The van der Waals surface area contributed by atoms with Crippen molar-refractivity contribution in [1.29, 1.82) is 0 Å². The standard InChI is InChI=1S/C31H44N2OS/c1-9-13-26-19-23(5)25(7)29(26)24(6)21-35-30(32-22(3)4)33(17-10-2)18-16-31(8)28-15-12-11-14-27(28)20-34-31/h11-15,21,23H,3,9-10,16-20H2,1-2,4-8H3/b24-21-,26-13-,32-30?. The van der Waals surface area contributed by atoms with Crippen LogP contribution in [0.15, 0.2) is 75.3 Å². The number of hydrogen-bond donors (Lipinski definition) is 0.